The Morgan fingerprint density at radius 1 is 0.583 bits per heavy atom. The van der Waals surface area contributed by atoms with Crippen LogP contribution in [0.3, 0.4) is 0 Å². The van der Waals surface area contributed by atoms with Gasteiger partial charge in [-0.3, -0.25) is 0 Å². The van der Waals surface area contributed by atoms with Gasteiger partial charge < -0.3 is 0 Å². The molecule has 1 nitrogen and oxygen atoms in total. The van der Waals surface area contributed by atoms with E-state index in [0.29, 0.717) is 5.92 Å². The van der Waals surface area contributed by atoms with Crippen molar-refractivity contribution < 1.29 is 4.57 Å². The van der Waals surface area contributed by atoms with Crippen molar-refractivity contribution >= 4 is 10.8 Å². The molecule has 4 aromatic rings. The van der Waals surface area contributed by atoms with Crippen LogP contribution in [0.15, 0.2) is 103 Å². The monoisotopic (exact) mass is 310 g/mol. The molecular formula is C23H20N+. The SMILES string of the molecule is c1ccc(C(C[n+]2ccc3ccccc3c2)c2ccccc2)cc1. The van der Waals surface area contributed by atoms with Crippen LogP contribution >= 0.6 is 0 Å². The van der Waals surface area contributed by atoms with Crippen molar-refractivity contribution in [2.45, 2.75) is 12.5 Å². The zero-order valence-electron chi connectivity index (χ0n) is 13.5. The summed E-state index contributed by atoms with van der Waals surface area (Å²) in [5, 5.41) is 2.56. The predicted molar refractivity (Wildman–Crippen MR) is 98.9 cm³/mol. The third-order valence-electron chi connectivity index (χ3n) is 4.54. The largest absolute Gasteiger partial charge is 0.204 e. The summed E-state index contributed by atoms with van der Waals surface area (Å²) in [6.07, 6.45) is 4.43. The molecule has 0 atom stereocenters. The van der Waals surface area contributed by atoms with E-state index < -0.39 is 0 Å². The standard InChI is InChI=1S/C23H20N/c1-3-10-20(11-4-1)23(21-12-5-2-6-13-21)18-24-16-15-19-9-7-8-14-22(19)17-24/h1-17,23H,18H2/q+1. The Bertz CT molecular complexity index is 890. The highest BCUT2D eigenvalue weighted by atomic mass is 14.9. The summed E-state index contributed by atoms with van der Waals surface area (Å²) in [7, 11) is 0. The van der Waals surface area contributed by atoms with E-state index in [9.17, 15) is 0 Å². The molecule has 0 N–H and O–H groups in total. The minimum atomic E-state index is 0.346. The second-order valence-electron chi connectivity index (χ2n) is 6.14. The van der Waals surface area contributed by atoms with E-state index in [1.165, 1.54) is 21.9 Å². The lowest BCUT2D eigenvalue weighted by Gasteiger charge is -2.15. The maximum Gasteiger partial charge on any atom is 0.176 e. The van der Waals surface area contributed by atoms with Gasteiger partial charge in [-0.25, -0.2) is 4.57 Å². The molecule has 0 aliphatic heterocycles. The van der Waals surface area contributed by atoms with Gasteiger partial charge in [0.2, 0.25) is 0 Å². The molecule has 0 radical (unpaired) electrons. The van der Waals surface area contributed by atoms with Crippen LogP contribution in [0.25, 0.3) is 10.8 Å². The lowest BCUT2D eigenvalue weighted by atomic mass is 9.91. The van der Waals surface area contributed by atoms with Crippen LogP contribution in [-0.4, -0.2) is 0 Å². The highest BCUT2D eigenvalue weighted by molar-refractivity contribution is 5.80. The molecule has 0 saturated carbocycles. The summed E-state index contributed by atoms with van der Waals surface area (Å²) in [5.41, 5.74) is 2.70. The molecular weight excluding hydrogens is 290 g/mol. The number of pyridine rings is 1. The molecule has 0 fully saturated rings. The summed E-state index contributed by atoms with van der Waals surface area (Å²) in [6, 6.07) is 32.2. The zero-order chi connectivity index (χ0) is 16.2. The maximum atomic E-state index is 2.30. The molecule has 0 spiro atoms. The van der Waals surface area contributed by atoms with Gasteiger partial charge in [0, 0.05) is 11.5 Å². The van der Waals surface area contributed by atoms with E-state index in [-0.39, 0.29) is 0 Å². The smallest absolute Gasteiger partial charge is 0.176 e. The molecule has 3 aromatic carbocycles. The summed E-state index contributed by atoms with van der Waals surface area (Å²) in [4.78, 5) is 0. The molecule has 0 amide bonds. The van der Waals surface area contributed by atoms with Crippen molar-refractivity contribution in [1.82, 2.24) is 0 Å². The zero-order valence-corrected chi connectivity index (χ0v) is 13.5. The van der Waals surface area contributed by atoms with Gasteiger partial charge in [-0.05, 0) is 22.6 Å². The summed E-state index contributed by atoms with van der Waals surface area (Å²) < 4.78 is 2.30. The third kappa shape index (κ3) is 3.07. The number of benzene rings is 3. The van der Waals surface area contributed by atoms with Crippen LogP contribution in [0.2, 0.25) is 0 Å². The Hall–Kier alpha value is -2.93. The van der Waals surface area contributed by atoms with E-state index in [2.05, 4.69) is 108 Å². The predicted octanol–water partition coefficient (Wildman–Crippen LogP) is 4.96. The normalized spacial score (nSPS) is 11.0. The fourth-order valence-electron chi connectivity index (χ4n) is 3.28. The Morgan fingerprint density at radius 2 is 1.12 bits per heavy atom. The van der Waals surface area contributed by atoms with Gasteiger partial charge in [-0.15, -0.1) is 0 Å². The molecule has 116 valence electrons. The molecule has 0 aliphatic carbocycles. The van der Waals surface area contributed by atoms with E-state index in [4.69, 9.17) is 0 Å². The highest BCUT2D eigenvalue weighted by Gasteiger charge is 2.19. The first-order valence-corrected chi connectivity index (χ1v) is 8.38. The van der Waals surface area contributed by atoms with E-state index in [1.807, 2.05) is 0 Å². The highest BCUT2D eigenvalue weighted by Crippen LogP contribution is 2.25. The van der Waals surface area contributed by atoms with Crippen molar-refractivity contribution in [1.29, 1.82) is 0 Å². The van der Waals surface area contributed by atoms with Gasteiger partial charge in [0.1, 0.15) is 0 Å². The van der Waals surface area contributed by atoms with Gasteiger partial charge in [0.15, 0.2) is 18.9 Å². The van der Waals surface area contributed by atoms with Crippen LogP contribution in [0.1, 0.15) is 17.0 Å². The second-order valence-corrected chi connectivity index (χ2v) is 6.14. The molecule has 0 aliphatic rings. The first kappa shape index (κ1) is 14.6. The molecule has 24 heavy (non-hydrogen) atoms. The van der Waals surface area contributed by atoms with Gasteiger partial charge in [0.05, 0.1) is 5.92 Å². The van der Waals surface area contributed by atoms with Gasteiger partial charge in [-0.1, -0.05) is 78.9 Å². The Balaban J connectivity index is 1.73. The number of nitrogens with zero attached hydrogens (tertiary/aromatic N) is 1. The fraction of sp³-hybridized carbons (Fsp3) is 0.0870. The minimum absolute atomic E-state index is 0.346. The average Bonchev–Trinajstić information content (AvgIpc) is 2.67. The van der Waals surface area contributed by atoms with Crippen molar-refractivity contribution in [3.63, 3.8) is 0 Å². The van der Waals surface area contributed by atoms with Crippen LogP contribution < -0.4 is 4.57 Å². The average molecular weight is 310 g/mol. The first-order chi connectivity index (χ1) is 11.9. The lowest BCUT2D eigenvalue weighted by molar-refractivity contribution is -0.697. The first-order valence-electron chi connectivity index (χ1n) is 8.38. The van der Waals surface area contributed by atoms with Crippen molar-refractivity contribution in [3.05, 3.63) is 115 Å². The molecule has 4 rings (SSSR count). The second kappa shape index (κ2) is 6.67. The molecule has 0 saturated heterocycles. The molecule has 1 heterocycles. The number of hydrogen-bond donors (Lipinski definition) is 0. The van der Waals surface area contributed by atoms with Crippen molar-refractivity contribution in [2.75, 3.05) is 0 Å². The van der Waals surface area contributed by atoms with E-state index in [0.717, 1.165) is 6.54 Å². The molecule has 0 bridgehead atoms. The Kier molecular flexibility index (Phi) is 4.07. The maximum absolute atomic E-state index is 2.30. The van der Waals surface area contributed by atoms with Crippen LogP contribution in [0.4, 0.5) is 0 Å². The number of rotatable bonds is 4. The van der Waals surface area contributed by atoms with Crippen LogP contribution in [0, 0.1) is 0 Å². The molecule has 1 aromatic heterocycles. The summed E-state index contributed by atoms with van der Waals surface area (Å²) in [6.45, 7) is 0.929. The molecule has 0 unspecified atom stereocenters. The topological polar surface area (TPSA) is 3.88 Å². The van der Waals surface area contributed by atoms with Crippen LogP contribution in [0.5, 0.6) is 0 Å². The number of hydrogen-bond acceptors (Lipinski definition) is 0. The number of aromatic nitrogens is 1. The quantitative estimate of drug-likeness (QED) is 0.469. The van der Waals surface area contributed by atoms with E-state index >= 15 is 0 Å². The van der Waals surface area contributed by atoms with Crippen LogP contribution in [-0.2, 0) is 6.54 Å². The minimum Gasteiger partial charge on any atom is -0.204 e. The Morgan fingerprint density at radius 3 is 1.75 bits per heavy atom. The molecule has 1 heteroatoms. The number of fused-ring (bicyclic) bond motifs is 1. The Labute approximate surface area is 142 Å². The summed E-state index contributed by atoms with van der Waals surface area (Å²) >= 11 is 0. The van der Waals surface area contributed by atoms with E-state index in [1.54, 1.807) is 0 Å². The lowest BCUT2D eigenvalue weighted by Crippen LogP contribution is -2.36. The summed E-state index contributed by atoms with van der Waals surface area (Å²) in [5.74, 6) is 0.346. The van der Waals surface area contributed by atoms with Gasteiger partial charge in [-0.2, -0.15) is 0 Å². The van der Waals surface area contributed by atoms with Crippen molar-refractivity contribution in [2.24, 2.45) is 0 Å². The fourth-order valence-corrected chi connectivity index (χ4v) is 3.28. The van der Waals surface area contributed by atoms with Gasteiger partial charge >= 0.3 is 0 Å². The third-order valence-corrected chi connectivity index (χ3v) is 4.54. The van der Waals surface area contributed by atoms with Crippen molar-refractivity contribution in [3.8, 4) is 0 Å². The van der Waals surface area contributed by atoms with Gasteiger partial charge in [0.25, 0.3) is 0 Å².